The number of fused-ring (bicyclic) bond motifs is 4. The summed E-state index contributed by atoms with van der Waals surface area (Å²) in [6.07, 6.45) is 6.52. The zero-order valence-corrected chi connectivity index (χ0v) is 33.8. The highest BCUT2D eigenvalue weighted by atomic mass is 16.3. The van der Waals surface area contributed by atoms with Gasteiger partial charge in [-0.05, 0) is 116 Å². The van der Waals surface area contributed by atoms with Crippen LogP contribution >= 0.6 is 0 Å². The molecule has 9 rings (SSSR count). The van der Waals surface area contributed by atoms with E-state index in [9.17, 15) is 0 Å². The molecule has 2 nitrogen and oxygen atoms in total. The molecule has 0 N–H and O–H groups in total. The molecule has 1 aromatic heterocycles. The van der Waals surface area contributed by atoms with Crippen LogP contribution in [-0.4, -0.2) is 0 Å². The number of rotatable bonds is 6. The molecule has 0 aliphatic heterocycles. The monoisotopic (exact) mass is 731 g/mol. The Kier molecular flexibility index (Phi) is 9.12. The predicted octanol–water partition coefficient (Wildman–Crippen LogP) is 16.2. The molecular weight excluding hydrogens is 679 g/mol. The lowest BCUT2D eigenvalue weighted by atomic mass is 9.80. The standard InChI is InChI=1S/C54H53NO/c1-53(2,3)39-33-40(54(4,5)6)35-42(34-39)55(41-31-29-37(30-32-41)44-24-16-28-50-52(44)47-22-11-13-27-49(47)56-50)48-26-12-10-21-45(48)46-25-15-20-38-19-14-23-43(51(38)46)36-17-8-7-9-18-36/h10-16,19-36H,7-9,17-18H2,1-6H3. The summed E-state index contributed by atoms with van der Waals surface area (Å²) in [6, 6.07) is 54.2. The summed E-state index contributed by atoms with van der Waals surface area (Å²) in [5.41, 5.74) is 14.4. The number of anilines is 3. The maximum Gasteiger partial charge on any atom is 0.136 e. The Balaban J connectivity index is 1.27. The molecule has 2 heteroatoms. The third-order valence-electron chi connectivity index (χ3n) is 12.2. The van der Waals surface area contributed by atoms with E-state index >= 15 is 0 Å². The molecule has 0 bridgehead atoms. The molecule has 0 radical (unpaired) electrons. The van der Waals surface area contributed by atoms with Crippen LogP contribution in [0.15, 0.2) is 150 Å². The number of nitrogens with zero attached hydrogens (tertiary/aromatic N) is 1. The van der Waals surface area contributed by atoms with Gasteiger partial charge in [-0.1, -0.05) is 164 Å². The van der Waals surface area contributed by atoms with Crippen molar-refractivity contribution in [3.63, 3.8) is 0 Å². The average molecular weight is 732 g/mol. The number of furan rings is 1. The summed E-state index contributed by atoms with van der Waals surface area (Å²) < 4.78 is 6.29. The summed E-state index contributed by atoms with van der Waals surface area (Å²) in [4.78, 5) is 2.51. The molecule has 8 aromatic rings. The molecule has 0 spiro atoms. The van der Waals surface area contributed by atoms with Crippen LogP contribution in [-0.2, 0) is 10.8 Å². The fourth-order valence-electron chi connectivity index (χ4n) is 9.08. The van der Waals surface area contributed by atoms with Gasteiger partial charge in [0.25, 0.3) is 0 Å². The van der Waals surface area contributed by atoms with E-state index in [0.29, 0.717) is 5.92 Å². The number of hydrogen-bond donors (Lipinski definition) is 0. The van der Waals surface area contributed by atoms with Gasteiger partial charge in [-0.15, -0.1) is 0 Å². The van der Waals surface area contributed by atoms with Crippen molar-refractivity contribution in [1.29, 1.82) is 0 Å². The topological polar surface area (TPSA) is 16.4 Å². The molecule has 7 aromatic carbocycles. The van der Waals surface area contributed by atoms with Crippen LogP contribution in [0.2, 0.25) is 0 Å². The van der Waals surface area contributed by atoms with Crippen LogP contribution in [0.5, 0.6) is 0 Å². The molecule has 1 aliphatic carbocycles. The van der Waals surface area contributed by atoms with Crippen molar-refractivity contribution in [3.05, 3.63) is 162 Å². The zero-order valence-electron chi connectivity index (χ0n) is 33.8. The molecule has 1 aliphatic rings. The van der Waals surface area contributed by atoms with Gasteiger partial charge in [-0.25, -0.2) is 0 Å². The molecule has 0 amide bonds. The number of hydrogen-bond acceptors (Lipinski definition) is 2. The van der Waals surface area contributed by atoms with E-state index in [0.717, 1.165) is 27.6 Å². The van der Waals surface area contributed by atoms with Gasteiger partial charge in [0.05, 0.1) is 5.69 Å². The van der Waals surface area contributed by atoms with Gasteiger partial charge in [0.1, 0.15) is 11.2 Å². The Morgan fingerprint density at radius 3 is 1.84 bits per heavy atom. The van der Waals surface area contributed by atoms with Gasteiger partial charge in [0, 0.05) is 27.7 Å². The van der Waals surface area contributed by atoms with Crippen LogP contribution in [0.1, 0.15) is 96.3 Å². The Hall–Kier alpha value is -5.60. The summed E-state index contributed by atoms with van der Waals surface area (Å²) in [6.45, 7) is 14.0. The SMILES string of the molecule is CC(C)(C)c1cc(N(c2ccc(-c3cccc4oc5ccccc5c34)cc2)c2ccccc2-c2cccc3cccc(C4CCCCC4)c23)cc(C(C)(C)C)c1. The maximum atomic E-state index is 6.29. The first kappa shape index (κ1) is 36.1. The normalized spacial score (nSPS) is 14.2. The van der Waals surface area contributed by atoms with Crippen molar-refractivity contribution in [2.24, 2.45) is 0 Å². The summed E-state index contributed by atoms with van der Waals surface area (Å²) in [7, 11) is 0. The molecule has 280 valence electrons. The Morgan fingerprint density at radius 1 is 0.500 bits per heavy atom. The lowest BCUT2D eigenvalue weighted by Gasteiger charge is -2.32. The predicted molar refractivity (Wildman–Crippen MR) is 240 cm³/mol. The fourth-order valence-corrected chi connectivity index (χ4v) is 9.08. The first-order chi connectivity index (χ1) is 27.0. The van der Waals surface area contributed by atoms with Gasteiger partial charge in [-0.2, -0.15) is 0 Å². The largest absolute Gasteiger partial charge is 0.456 e. The van der Waals surface area contributed by atoms with Gasteiger partial charge in [-0.3, -0.25) is 0 Å². The number of para-hydroxylation sites is 2. The quantitative estimate of drug-likeness (QED) is 0.169. The summed E-state index contributed by atoms with van der Waals surface area (Å²) in [5.74, 6) is 0.596. The second-order valence-corrected chi connectivity index (χ2v) is 18.0. The van der Waals surface area contributed by atoms with Crippen LogP contribution < -0.4 is 4.90 Å². The van der Waals surface area contributed by atoms with Crippen LogP contribution in [0, 0.1) is 0 Å². The molecular formula is C54H53NO. The maximum absolute atomic E-state index is 6.29. The van der Waals surface area contributed by atoms with Crippen molar-refractivity contribution in [3.8, 4) is 22.3 Å². The molecule has 0 unspecified atom stereocenters. The summed E-state index contributed by atoms with van der Waals surface area (Å²) in [5, 5.41) is 5.04. The lowest BCUT2D eigenvalue weighted by Crippen LogP contribution is -2.19. The highest BCUT2D eigenvalue weighted by Crippen LogP contribution is 2.47. The first-order valence-electron chi connectivity index (χ1n) is 20.6. The smallest absolute Gasteiger partial charge is 0.136 e. The molecule has 56 heavy (non-hydrogen) atoms. The van der Waals surface area contributed by atoms with E-state index in [1.165, 1.54) is 93.2 Å². The van der Waals surface area contributed by atoms with Crippen LogP contribution in [0.25, 0.3) is 55.0 Å². The Morgan fingerprint density at radius 2 is 1.11 bits per heavy atom. The van der Waals surface area contributed by atoms with Crippen LogP contribution in [0.4, 0.5) is 17.1 Å². The van der Waals surface area contributed by atoms with Crippen molar-refractivity contribution >= 4 is 49.8 Å². The van der Waals surface area contributed by atoms with Crippen molar-refractivity contribution in [1.82, 2.24) is 0 Å². The Labute approximate surface area is 332 Å². The van der Waals surface area contributed by atoms with E-state index in [4.69, 9.17) is 4.42 Å². The minimum Gasteiger partial charge on any atom is -0.456 e. The molecule has 1 heterocycles. The van der Waals surface area contributed by atoms with Gasteiger partial charge < -0.3 is 9.32 Å². The summed E-state index contributed by atoms with van der Waals surface area (Å²) >= 11 is 0. The van der Waals surface area contributed by atoms with Crippen molar-refractivity contribution in [2.75, 3.05) is 4.90 Å². The van der Waals surface area contributed by atoms with E-state index in [2.05, 4.69) is 186 Å². The fraction of sp³-hybridized carbons (Fsp3) is 0.259. The molecule has 1 saturated carbocycles. The van der Waals surface area contributed by atoms with Gasteiger partial charge in [0.2, 0.25) is 0 Å². The van der Waals surface area contributed by atoms with E-state index < -0.39 is 0 Å². The minimum atomic E-state index is -0.0262. The Bertz CT molecular complexity index is 2650. The minimum absolute atomic E-state index is 0.0262. The third kappa shape index (κ3) is 6.60. The third-order valence-corrected chi connectivity index (χ3v) is 12.2. The average Bonchev–Trinajstić information content (AvgIpc) is 3.60. The molecule has 0 saturated heterocycles. The van der Waals surface area contributed by atoms with Gasteiger partial charge in [0.15, 0.2) is 0 Å². The van der Waals surface area contributed by atoms with Gasteiger partial charge >= 0.3 is 0 Å². The highest BCUT2D eigenvalue weighted by Gasteiger charge is 2.26. The first-order valence-corrected chi connectivity index (χ1v) is 20.6. The van der Waals surface area contributed by atoms with E-state index in [1.54, 1.807) is 0 Å². The van der Waals surface area contributed by atoms with Crippen molar-refractivity contribution < 1.29 is 4.42 Å². The number of benzene rings is 7. The highest BCUT2D eigenvalue weighted by molar-refractivity contribution is 6.12. The van der Waals surface area contributed by atoms with Crippen molar-refractivity contribution in [2.45, 2.75) is 90.4 Å². The van der Waals surface area contributed by atoms with E-state index in [1.807, 2.05) is 6.07 Å². The van der Waals surface area contributed by atoms with Crippen LogP contribution in [0.3, 0.4) is 0 Å². The zero-order chi connectivity index (χ0) is 38.6. The second kappa shape index (κ2) is 14.2. The molecule has 0 atom stereocenters. The lowest BCUT2D eigenvalue weighted by molar-refractivity contribution is 0.445. The molecule has 1 fully saturated rings. The van der Waals surface area contributed by atoms with E-state index in [-0.39, 0.29) is 10.8 Å². The second-order valence-electron chi connectivity index (χ2n) is 18.0.